The van der Waals surface area contributed by atoms with Gasteiger partial charge in [-0.25, -0.2) is 0 Å². The zero-order valence-electron chi connectivity index (χ0n) is 11.5. The zero-order chi connectivity index (χ0) is 13.7. The second kappa shape index (κ2) is 6.17. The van der Waals surface area contributed by atoms with Gasteiger partial charge in [0.05, 0.1) is 17.6 Å². The Morgan fingerprint density at radius 1 is 1.11 bits per heavy atom. The molecular weight excluding hydrogens is 268 g/mol. The molecule has 0 radical (unpaired) electrons. The molecule has 0 spiro atoms. The van der Waals surface area contributed by atoms with Gasteiger partial charge in [0, 0.05) is 11.1 Å². The fourth-order valence-corrected chi connectivity index (χ4v) is 5.11. The van der Waals surface area contributed by atoms with E-state index in [0.29, 0.717) is 0 Å². The van der Waals surface area contributed by atoms with Gasteiger partial charge in [-0.1, -0.05) is 31.8 Å². The van der Waals surface area contributed by atoms with Gasteiger partial charge in [-0.3, -0.25) is 9.98 Å². The van der Waals surface area contributed by atoms with E-state index in [-0.39, 0.29) is 0 Å². The summed E-state index contributed by atoms with van der Waals surface area (Å²) in [5.41, 5.74) is 1.86. The second-order valence-electron chi connectivity index (χ2n) is 5.22. The van der Waals surface area contributed by atoms with Crippen LogP contribution in [0.1, 0.15) is 5.69 Å². The van der Waals surface area contributed by atoms with Gasteiger partial charge in [0.2, 0.25) is 0 Å². The van der Waals surface area contributed by atoms with Crippen molar-refractivity contribution in [2.75, 3.05) is 0 Å². The van der Waals surface area contributed by atoms with Crippen LogP contribution in [0, 0.1) is 0 Å². The average molecular weight is 286 g/mol. The van der Waals surface area contributed by atoms with Crippen molar-refractivity contribution in [3.8, 4) is 0 Å². The van der Waals surface area contributed by atoms with Crippen LogP contribution in [0.2, 0.25) is 19.6 Å². The van der Waals surface area contributed by atoms with E-state index >= 15 is 0 Å². The number of aromatic nitrogens is 1. The van der Waals surface area contributed by atoms with E-state index in [0.717, 1.165) is 11.4 Å². The van der Waals surface area contributed by atoms with E-state index in [1.54, 1.807) is 12.4 Å². The van der Waals surface area contributed by atoms with Gasteiger partial charge in [0.1, 0.15) is 7.22 Å². The highest BCUT2D eigenvalue weighted by atomic mass is 32.4. The van der Waals surface area contributed by atoms with E-state index in [9.17, 15) is 0 Å². The summed E-state index contributed by atoms with van der Waals surface area (Å²) in [5.74, 6) is 0. The highest BCUT2D eigenvalue weighted by molar-refractivity contribution is 8.28. The van der Waals surface area contributed by atoms with Gasteiger partial charge in [-0.2, -0.15) is 11.2 Å². The summed E-state index contributed by atoms with van der Waals surface area (Å²) >= 11 is 1.99. The maximum Gasteiger partial charge on any atom is 0.114 e. The largest absolute Gasteiger partial charge is 0.255 e. The summed E-state index contributed by atoms with van der Waals surface area (Å²) < 4.78 is 0. The SMILES string of the molecule is C[Si](C)(C)Sc1cccc(N=Cc2ccccn2)c1. The van der Waals surface area contributed by atoms with E-state index in [4.69, 9.17) is 0 Å². The van der Waals surface area contributed by atoms with E-state index in [2.05, 4.69) is 47.8 Å². The van der Waals surface area contributed by atoms with Crippen molar-refractivity contribution in [2.24, 2.45) is 4.99 Å². The molecule has 0 unspecified atom stereocenters. The van der Waals surface area contributed by atoms with Crippen molar-refractivity contribution < 1.29 is 0 Å². The summed E-state index contributed by atoms with van der Waals surface area (Å²) in [7, 11) is -1.16. The summed E-state index contributed by atoms with van der Waals surface area (Å²) in [5, 5.41) is 0. The average Bonchev–Trinajstić information content (AvgIpc) is 2.36. The Kier molecular flexibility index (Phi) is 4.55. The highest BCUT2D eigenvalue weighted by Gasteiger charge is 2.14. The summed E-state index contributed by atoms with van der Waals surface area (Å²) in [6, 6.07) is 14.2. The molecule has 1 aromatic heterocycles. The quantitative estimate of drug-likeness (QED) is 0.598. The van der Waals surface area contributed by atoms with Gasteiger partial charge in [0.15, 0.2) is 0 Å². The van der Waals surface area contributed by atoms with Crippen molar-refractivity contribution in [2.45, 2.75) is 24.5 Å². The molecule has 2 rings (SSSR count). The zero-order valence-corrected chi connectivity index (χ0v) is 13.3. The van der Waals surface area contributed by atoms with Crippen LogP contribution in [-0.4, -0.2) is 18.4 Å². The Morgan fingerprint density at radius 2 is 1.95 bits per heavy atom. The maximum absolute atomic E-state index is 4.48. The molecule has 0 amide bonds. The monoisotopic (exact) mass is 286 g/mol. The van der Waals surface area contributed by atoms with Crippen molar-refractivity contribution in [3.05, 3.63) is 54.4 Å². The predicted molar refractivity (Wildman–Crippen MR) is 87.1 cm³/mol. The van der Waals surface area contributed by atoms with Gasteiger partial charge >= 0.3 is 0 Å². The van der Waals surface area contributed by atoms with Crippen LogP contribution < -0.4 is 0 Å². The fourth-order valence-electron chi connectivity index (χ4n) is 1.57. The van der Waals surface area contributed by atoms with Gasteiger partial charge in [0.25, 0.3) is 0 Å². The number of hydrogen-bond acceptors (Lipinski definition) is 3. The molecule has 2 aromatic rings. The summed E-state index contributed by atoms with van der Waals surface area (Å²) in [6.45, 7) is 7.05. The highest BCUT2D eigenvalue weighted by Crippen LogP contribution is 2.31. The second-order valence-corrected chi connectivity index (χ2v) is 14.4. The molecule has 0 aliphatic rings. The lowest BCUT2D eigenvalue weighted by molar-refractivity contribution is 1.30. The molecule has 0 aliphatic heterocycles. The van der Waals surface area contributed by atoms with Crippen LogP contribution >= 0.6 is 11.2 Å². The molecule has 0 bridgehead atoms. The Morgan fingerprint density at radius 3 is 2.63 bits per heavy atom. The first-order chi connectivity index (χ1) is 9.03. The lowest BCUT2D eigenvalue weighted by Gasteiger charge is -2.15. The Bertz CT molecular complexity index is 562. The lowest BCUT2D eigenvalue weighted by atomic mass is 10.3. The standard InChI is InChI=1S/C15H18N2SSi/c1-19(2,3)18-15-9-6-8-13(11-15)17-12-14-7-4-5-10-16-14/h4-12H,1-3H3. The Balaban J connectivity index is 2.13. The van der Waals surface area contributed by atoms with Gasteiger partial charge < -0.3 is 0 Å². The van der Waals surface area contributed by atoms with Crippen LogP contribution in [0.5, 0.6) is 0 Å². The first-order valence-corrected chi connectivity index (χ1v) is 11.3. The number of nitrogens with zero attached hydrogens (tertiary/aromatic N) is 2. The molecule has 0 saturated heterocycles. The molecule has 2 nitrogen and oxygen atoms in total. The third-order valence-electron chi connectivity index (χ3n) is 2.28. The molecule has 0 N–H and O–H groups in total. The van der Waals surface area contributed by atoms with E-state index in [1.165, 1.54) is 4.90 Å². The number of benzene rings is 1. The van der Waals surface area contributed by atoms with E-state index < -0.39 is 7.22 Å². The molecule has 1 aromatic carbocycles. The maximum atomic E-state index is 4.48. The van der Waals surface area contributed by atoms with Crippen molar-refractivity contribution in [3.63, 3.8) is 0 Å². The molecular formula is C15H18N2SSi. The third-order valence-corrected chi connectivity index (χ3v) is 5.92. The normalized spacial score (nSPS) is 11.9. The van der Waals surface area contributed by atoms with Crippen molar-refractivity contribution >= 4 is 30.3 Å². The molecule has 98 valence electrons. The molecule has 0 aliphatic carbocycles. The number of pyridine rings is 1. The van der Waals surface area contributed by atoms with Gasteiger partial charge in [-0.15, -0.1) is 0 Å². The van der Waals surface area contributed by atoms with Crippen molar-refractivity contribution in [1.29, 1.82) is 0 Å². The van der Waals surface area contributed by atoms with Crippen LogP contribution in [0.4, 0.5) is 5.69 Å². The molecule has 19 heavy (non-hydrogen) atoms. The number of aliphatic imine (C=N–C) groups is 1. The minimum absolute atomic E-state index is 0.880. The minimum atomic E-state index is -1.16. The molecule has 0 saturated carbocycles. The molecule has 4 heteroatoms. The topological polar surface area (TPSA) is 25.2 Å². The fraction of sp³-hybridized carbons (Fsp3) is 0.200. The van der Waals surface area contributed by atoms with Crippen molar-refractivity contribution in [1.82, 2.24) is 4.98 Å². The van der Waals surface area contributed by atoms with Crippen LogP contribution in [0.3, 0.4) is 0 Å². The van der Waals surface area contributed by atoms with E-state index in [1.807, 2.05) is 35.5 Å². The number of hydrogen-bond donors (Lipinski definition) is 0. The molecule has 0 atom stereocenters. The first-order valence-electron chi connectivity index (χ1n) is 6.27. The van der Waals surface area contributed by atoms with Crippen LogP contribution in [0.15, 0.2) is 58.5 Å². The Labute approximate surface area is 119 Å². The Hall–Kier alpha value is -1.39. The molecule has 0 fully saturated rings. The lowest BCUT2D eigenvalue weighted by Crippen LogP contribution is -2.13. The van der Waals surface area contributed by atoms with Crippen LogP contribution in [0.25, 0.3) is 0 Å². The predicted octanol–water partition coefficient (Wildman–Crippen LogP) is 4.76. The first kappa shape index (κ1) is 14.0. The third kappa shape index (κ3) is 5.01. The summed E-state index contributed by atoms with van der Waals surface area (Å²) in [4.78, 5) is 10.0. The van der Waals surface area contributed by atoms with Crippen LogP contribution in [-0.2, 0) is 0 Å². The summed E-state index contributed by atoms with van der Waals surface area (Å²) in [6.07, 6.45) is 3.58. The smallest absolute Gasteiger partial charge is 0.114 e. The molecule has 1 heterocycles. The minimum Gasteiger partial charge on any atom is -0.255 e. The van der Waals surface area contributed by atoms with Gasteiger partial charge in [-0.05, 0) is 30.3 Å². The number of rotatable bonds is 4.